The van der Waals surface area contributed by atoms with Crippen molar-refractivity contribution in [3.05, 3.63) is 63.6 Å². The lowest BCUT2D eigenvalue weighted by Gasteiger charge is -2.33. The van der Waals surface area contributed by atoms with E-state index in [1.54, 1.807) is 6.07 Å². The Labute approximate surface area is 218 Å². The third-order valence-electron chi connectivity index (χ3n) is 5.42. The Morgan fingerprint density at radius 3 is 2.23 bits per heavy atom. The van der Waals surface area contributed by atoms with Gasteiger partial charge in [0.05, 0.1) is 22.0 Å². The van der Waals surface area contributed by atoms with Gasteiger partial charge >= 0.3 is 0 Å². The van der Waals surface area contributed by atoms with Crippen molar-refractivity contribution in [2.24, 2.45) is 5.92 Å². The zero-order valence-corrected chi connectivity index (χ0v) is 23.0. The van der Waals surface area contributed by atoms with Crippen LogP contribution in [0.25, 0.3) is 0 Å². The number of benzene rings is 2. The maximum atomic E-state index is 13.6. The molecule has 7 nitrogen and oxygen atoms in total. The van der Waals surface area contributed by atoms with Crippen LogP contribution < -0.4 is 9.62 Å². The summed E-state index contributed by atoms with van der Waals surface area (Å²) in [4.78, 5) is 28.1. The molecule has 0 aliphatic rings. The van der Waals surface area contributed by atoms with Gasteiger partial charge in [0.25, 0.3) is 0 Å². The zero-order chi connectivity index (χ0) is 26.3. The van der Waals surface area contributed by atoms with Crippen LogP contribution in [0, 0.1) is 12.8 Å². The summed E-state index contributed by atoms with van der Waals surface area (Å²) in [6.07, 6.45) is 1.35. The minimum Gasteiger partial charge on any atom is -0.354 e. The van der Waals surface area contributed by atoms with Gasteiger partial charge in [0.1, 0.15) is 12.6 Å². The third-order valence-corrected chi connectivity index (χ3v) is 7.36. The number of aryl methyl sites for hydroxylation is 1. The highest BCUT2D eigenvalue weighted by molar-refractivity contribution is 7.92. The molecule has 0 radical (unpaired) electrons. The fourth-order valence-corrected chi connectivity index (χ4v) is 4.81. The Balaban J connectivity index is 2.45. The second-order valence-corrected chi connectivity index (χ2v) is 11.6. The van der Waals surface area contributed by atoms with Crippen molar-refractivity contribution in [2.75, 3.05) is 23.7 Å². The Bertz CT molecular complexity index is 1140. The monoisotopic (exact) mass is 541 g/mol. The van der Waals surface area contributed by atoms with Crippen molar-refractivity contribution >= 4 is 50.7 Å². The number of nitrogens with one attached hydrogen (secondary N) is 1. The van der Waals surface area contributed by atoms with E-state index in [9.17, 15) is 18.0 Å². The van der Waals surface area contributed by atoms with Crippen molar-refractivity contribution < 1.29 is 18.0 Å². The molecule has 35 heavy (non-hydrogen) atoms. The molecule has 0 aromatic heterocycles. The molecule has 192 valence electrons. The number of sulfonamides is 1. The van der Waals surface area contributed by atoms with Crippen molar-refractivity contribution in [3.8, 4) is 0 Å². The van der Waals surface area contributed by atoms with Crippen LogP contribution in [0.3, 0.4) is 0 Å². The molecule has 2 amide bonds. The molecule has 0 fully saturated rings. The van der Waals surface area contributed by atoms with Crippen LogP contribution in [0.15, 0.2) is 42.5 Å². The molecule has 1 atom stereocenters. The number of anilines is 1. The molecule has 2 rings (SSSR count). The van der Waals surface area contributed by atoms with E-state index in [1.807, 2.05) is 52.0 Å². The average molecular weight is 543 g/mol. The second-order valence-electron chi connectivity index (χ2n) is 8.91. The zero-order valence-electron chi connectivity index (χ0n) is 20.7. The van der Waals surface area contributed by atoms with Gasteiger partial charge in [0.2, 0.25) is 21.8 Å². The van der Waals surface area contributed by atoms with E-state index in [1.165, 1.54) is 17.0 Å². The molecular weight excluding hydrogens is 509 g/mol. The molecule has 10 heteroatoms. The topological polar surface area (TPSA) is 86.8 Å². The minimum atomic E-state index is -3.90. The summed E-state index contributed by atoms with van der Waals surface area (Å²) < 4.78 is 26.3. The van der Waals surface area contributed by atoms with Crippen molar-refractivity contribution in [1.29, 1.82) is 0 Å². The van der Waals surface area contributed by atoms with Gasteiger partial charge in [-0.3, -0.25) is 13.9 Å². The smallest absolute Gasteiger partial charge is 0.244 e. The minimum absolute atomic E-state index is 0.0270. The highest BCUT2D eigenvalue weighted by atomic mass is 35.5. The fraction of sp³-hybridized carbons (Fsp3) is 0.440. The molecule has 0 spiro atoms. The van der Waals surface area contributed by atoms with Crippen LogP contribution in [0.2, 0.25) is 10.0 Å². The molecule has 1 unspecified atom stereocenters. The van der Waals surface area contributed by atoms with Gasteiger partial charge in [-0.2, -0.15) is 0 Å². The number of amides is 2. The number of rotatable bonds is 11. The fourth-order valence-electron chi connectivity index (χ4n) is 3.51. The van der Waals surface area contributed by atoms with Crippen LogP contribution >= 0.6 is 23.2 Å². The molecular formula is C25H33Cl2N3O4S. The molecule has 2 aromatic carbocycles. The lowest BCUT2D eigenvalue weighted by Crippen LogP contribution is -2.52. The lowest BCUT2D eigenvalue weighted by molar-refractivity contribution is -0.140. The predicted molar refractivity (Wildman–Crippen MR) is 142 cm³/mol. The number of hydrogen-bond donors (Lipinski definition) is 1. The van der Waals surface area contributed by atoms with Gasteiger partial charge in [-0.25, -0.2) is 8.42 Å². The second kappa shape index (κ2) is 12.6. The van der Waals surface area contributed by atoms with Crippen molar-refractivity contribution in [1.82, 2.24) is 10.2 Å². The first-order valence-corrected chi connectivity index (χ1v) is 14.0. The van der Waals surface area contributed by atoms with Gasteiger partial charge in [-0.1, -0.05) is 79.9 Å². The van der Waals surface area contributed by atoms with E-state index in [-0.39, 0.29) is 34.1 Å². The van der Waals surface area contributed by atoms with Gasteiger partial charge in [0, 0.05) is 13.1 Å². The van der Waals surface area contributed by atoms with Crippen LogP contribution in [0.4, 0.5) is 5.69 Å². The average Bonchev–Trinajstić information content (AvgIpc) is 2.78. The Morgan fingerprint density at radius 1 is 1.06 bits per heavy atom. The van der Waals surface area contributed by atoms with E-state index in [0.717, 1.165) is 21.7 Å². The van der Waals surface area contributed by atoms with E-state index in [2.05, 4.69) is 5.32 Å². The summed E-state index contributed by atoms with van der Waals surface area (Å²) in [5, 5.41) is 3.09. The molecule has 0 saturated carbocycles. The molecule has 0 aliphatic heterocycles. The van der Waals surface area contributed by atoms with Gasteiger partial charge in [0.15, 0.2) is 0 Å². The predicted octanol–water partition coefficient (Wildman–Crippen LogP) is 4.65. The number of nitrogens with zero attached hydrogens (tertiary/aromatic N) is 2. The quantitative estimate of drug-likeness (QED) is 0.448. The molecule has 0 bridgehead atoms. The number of carbonyl (C=O) groups excluding carboxylic acids is 2. The first kappa shape index (κ1) is 28.9. The van der Waals surface area contributed by atoms with E-state index in [4.69, 9.17) is 23.2 Å². The molecule has 2 aromatic rings. The first-order valence-electron chi connectivity index (χ1n) is 11.4. The standard InChI is InChI=1S/C25H33Cl2N3O4S/c1-6-21(25(32)28-14-17(2)3)29(15-19-12-10-18(4)11-13-19)23(31)16-30(35(5,33)34)22-9-7-8-20(26)24(22)27/h7-13,17,21H,6,14-16H2,1-5H3,(H,28,32). The van der Waals surface area contributed by atoms with E-state index >= 15 is 0 Å². The maximum Gasteiger partial charge on any atom is 0.244 e. The lowest BCUT2D eigenvalue weighted by atomic mass is 10.1. The van der Waals surface area contributed by atoms with Gasteiger partial charge < -0.3 is 10.2 Å². The normalized spacial score (nSPS) is 12.3. The summed E-state index contributed by atoms with van der Waals surface area (Å²) >= 11 is 12.4. The number of carbonyl (C=O) groups is 2. The van der Waals surface area contributed by atoms with Crippen LogP contribution in [0.5, 0.6) is 0 Å². The van der Waals surface area contributed by atoms with Crippen molar-refractivity contribution in [3.63, 3.8) is 0 Å². The van der Waals surface area contributed by atoms with E-state index in [0.29, 0.717) is 13.0 Å². The summed E-state index contributed by atoms with van der Waals surface area (Å²) in [5.74, 6) is -0.574. The summed E-state index contributed by atoms with van der Waals surface area (Å²) in [7, 11) is -3.90. The molecule has 1 N–H and O–H groups in total. The van der Waals surface area contributed by atoms with E-state index < -0.39 is 28.5 Å². The molecule has 0 aliphatic carbocycles. The van der Waals surface area contributed by atoms with Crippen LogP contribution in [-0.2, 0) is 26.2 Å². The van der Waals surface area contributed by atoms with Gasteiger partial charge in [-0.15, -0.1) is 0 Å². The Kier molecular flexibility index (Phi) is 10.4. The maximum absolute atomic E-state index is 13.6. The Hall–Kier alpha value is -2.29. The summed E-state index contributed by atoms with van der Waals surface area (Å²) in [6.45, 7) is 7.82. The SMILES string of the molecule is CCC(C(=O)NCC(C)C)N(Cc1ccc(C)cc1)C(=O)CN(c1cccc(Cl)c1Cl)S(C)(=O)=O. The van der Waals surface area contributed by atoms with Crippen LogP contribution in [-0.4, -0.2) is 50.5 Å². The summed E-state index contributed by atoms with van der Waals surface area (Å²) in [5.41, 5.74) is 1.99. The third kappa shape index (κ3) is 8.12. The highest BCUT2D eigenvalue weighted by Gasteiger charge is 2.32. The first-order chi connectivity index (χ1) is 16.3. The highest BCUT2D eigenvalue weighted by Crippen LogP contribution is 2.33. The Morgan fingerprint density at radius 2 is 1.69 bits per heavy atom. The van der Waals surface area contributed by atoms with Crippen molar-refractivity contribution in [2.45, 2.75) is 46.7 Å². The van der Waals surface area contributed by atoms with Gasteiger partial charge in [-0.05, 0) is 37.0 Å². The summed E-state index contributed by atoms with van der Waals surface area (Å²) in [6, 6.07) is 11.4. The number of hydrogen-bond acceptors (Lipinski definition) is 4. The molecule has 0 heterocycles. The molecule has 0 saturated heterocycles. The van der Waals surface area contributed by atoms with Crippen LogP contribution in [0.1, 0.15) is 38.3 Å². The number of halogens is 2. The largest absolute Gasteiger partial charge is 0.354 e.